The summed E-state index contributed by atoms with van der Waals surface area (Å²) in [7, 11) is 0. The molecule has 0 amide bonds. The molecule has 2 aromatic carbocycles. The van der Waals surface area contributed by atoms with E-state index in [2.05, 4.69) is 27.2 Å². The number of benzene rings is 2. The van der Waals surface area contributed by atoms with Crippen molar-refractivity contribution in [3.05, 3.63) is 94.4 Å². The number of furan rings is 1. The number of anilines is 3. The first-order chi connectivity index (χ1) is 17.1. The van der Waals surface area contributed by atoms with Gasteiger partial charge in [-0.3, -0.25) is 9.36 Å². The zero-order valence-electron chi connectivity index (χ0n) is 19.0. The molecule has 10 heteroatoms. The first kappa shape index (κ1) is 22.6. The summed E-state index contributed by atoms with van der Waals surface area (Å²) in [4.78, 5) is 31.0. The predicted octanol–water partition coefficient (Wildman–Crippen LogP) is 4.40. The third kappa shape index (κ3) is 5.02. The number of rotatable bonds is 8. The molecule has 0 aliphatic rings. The van der Waals surface area contributed by atoms with E-state index in [-0.39, 0.29) is 18.1 Å². The van der Waals surface area contributed by atoms with Gasteiger partial charge in [0, 0.05) is 5.69 Å². The second kappa shape index (κ2) is 9.98. The number of nitrogens with two attached hydrogens (primary N) is 1. The monoisotopic (exact) mass is 485 g/mol. The van der Waals surface area contributed by atoms with Crippen LogP contribution in [0.15, 0.2) is 81.3 Å². The van der Waals surface area contributed by atoms with Crippen LogP contribution in [0.1, 0.15) is 24.1 Å². The van der Waals surface area contributed by atoms with Crippen molar-refractivity contribution in [1.82, 2.24) is 24.5 Å². The fraction of sp³-hybridized carbons (Fsp3) is 0.160. The Morgan fingerprint density at radius 3 is 2.66 bits per heavy atom. The molecule has 0 saturated carbocycles. The predicted molar refractivity (Wildman–Crippen MR) is 137 cm³/mol. The molecule has 0 aliphatic carbocycles. The van der Waals surface area contributed by atoms with Crippen LogP contribution in [0.4, 0.5) is 17.6 Å². The minimum atomic E-state index is -0.136. The number of fused-ring (bicyclic) bond motifs is 1. The van der Waals surface area contributed by atoms with Gasteiger partial charge in [-0.2, -0.15) is 15.0 Å². The molecule has 176 valence electrons. The van der Waals surface area contributed by atoms with Crippen molar-refractivity contribution in [2.24, 2.45) is 0 Å². The van der Waals surface area contributed by atoms with Gasteiger partial charge in [-0.1, -0.05) is 49.0 Å². The Bertz CT molecular complexity index is 1530. The molecule has 3 aromatic heterocycles. The van der Waals surface area contributed by atoms with Crippen molar-refractivity contribution in [2.45, 2.75) is 30.8 Å². The van der Waals surface area contributed by atoms with Crippen LogP contribution in [0, 0.1) is 0 Å². The molecule has 3 heterocycles. The molecule has 0 saturated heterocycles. The normalized spacial score (nSPS) is 11.1. The maximum Gasteiger partial charge on any atom is 0.262 e. The highest BCUT2D eigenvalue weighted by atomic mass is 32.2. The van der Waals surface area contributed by atoms with Crippen molar-refractivity contribution < 1.29 is 4.42 Å². The zero-order valence-corrected chi connectivity index (χ0v) is 19.8. The largest absolute Gasteiger partial charge is 0.467 e. The van der Waals surface area contributed by atoms with Gasteiger partial charge in [0.1, 0.15) is 11.6 Å². The highest BCUT2D eigenvalue weighted by molar-refractivity contribution is 7.98. The molecule has 5 aromatic rings. The lowest BCUT2D eigenvalue weighted by Gasteiger charge is -2.13. The van der Waals surface area contributed by atoms with Gasteiger partial charge in [0.2, 0.25) is 11.9 Å². The fourth-order valence-corrected chi connectivity index (χ4v) is 4.57. The number of thioether (sulfide) groups is 1. The Morgan fingerprint density at radius 2 is 1.83 bits per heavy atom. The van der Waals surface area contributed by atoms with E-state index in [0.717, 1.165) is 17.7 Å². The van der Waals surface area contributed by atoms with Gasteiger partial charge in [0.15, 0.2) is 5.16 Å². The molecule has 0 radical (unpaired) electrons. The van der Waals surface area contributed by atoms with E-state index in [1.165, 1.54) is 11.8 Å². The maximum absolute atomic E-state index is 13.3. The Kier molecular flexibility index (Phi) is 6.44. The molecule has 3 N–H and O–H groups in total. The second-order valence-electron chi connectivity index (χ2n) is 7.74. The highest BCUT2D eigenvalue weighted by Crippen LogP contribution is 2.24. The van der Waals surface area contributed by atoms with Crippen molar-refractivity contribution in [3.63, 3.8) is 0 Å². The van der Waals surface area contributed by atoms with Crippen LogP contribution in [-0.4, -0.2) is 24.5 Å². The summed E-state index contributed by atoms with van der Waals surface area (Å²) in [6, 6.07) is 18.9. The zero-order chi connectivity index (χ0) is 24.2. The lowest BCUT2D eigenvalue weighted by atomic mass is 10.1. The summed E-state index contributed by atoms with van der Waals surface area (Å²) in [5.41, 5.74) is 8.53. The number of hydrogen-bond acceptors (Lipinski definition) is 9. The van der Waals surface area contributed by atoms with E-state index in [1.807, 2.05) is 48.5 Å². The van der Waals surface area contributed by atoms with E-state index in [0.29, 0.717) is 39.3 Å². The van der Waals surface area contributed by atoms with E-state index in [9.17, 15) is 4.79 Å². The minimum absolute atomic E-state index is 0.117. The smallest absolute Gasteiger partial charge is 0.262 e. The molecule has 0 spiro atoms. The van der Waals surface area contributed by atoms with Crippen molar-refractivity contribution in [2.75, 3.05) is 11.1 Å². The molecule has 0 unspecified atom stereocenters. The van der Waals surface area contributed by atoms with E-state index in [1.54, 1.807) is 23.0 Å². The molecule has 0 bridgehead atoms. The Labute approximate surface area is 205 Å². The van der Waals surface area contributed by atoms with E-state index < -0.39 is 0 Å². The summed E-state index contributed by atoms with van der Waals surface area (Å²) in [6.07, 6.45) is 2.45. The highest BCUT2D eigenvalue weighted by Gasteiger charge is 2.15. The molecule has 0 aliphatic heterocycles. The van der Waals surface area contributed by atoms with Gasteiger partial charge in [-0.25, -0.2) is 4.98 Å². The lowest BCUT2D eigenvalue weighted by molar-refractivity contribution is 0.476. The number of hydrogen-bond donors (Lipinski definition) is 2. The first-order valence-electron chi connectivity index (χ1n) is 11.1. The van der Waals surface area contributed by atoms with Crippen LogP contribution >= 0.6 is 11.8 Å². The topological polar surface area (TPSA) is 125 Å². The minimum Gasteiger partial charge on any atom is -0.467 e. The summed E-state index contributed by atoms with van der Waals surface area (Å²) in [5, 5.41) is 4.33. The quantitative estimate of drug-likeness (QED) is 0.243. The Balaban J connectivity index is 1.44. The Morgan fingerprint density at radius 1 is 1.00 bits per heavy atom. The van der Waals surface area contributed by atoms with Gasteiger partial charge < -0.3 is 15.5 Å². The molecule has 0 fully saturated rings. The van der Waals surface area contributed by atoms with Crippen LogP contribution < -0.4 is 16.6 Å². The molecular weight excluding hydrogens is 462 g/mol. The SMILES string of the molecule is CCc1ccccc1Nc1nc(N)nc(CSc2nc3ccccc3c(=O)n2Cc2ccco2)n1. The summed E-state index contributed by atoms with van der Waals surface area (Å²) in [5.74, 6) is 1.97. The van der Waals surface area contributed by atoms with Crippen LogP contribution in [-0.2, 0) is 18.7 Å². The number of nitrogens with zero attached hydrogens (tertiary/aromatic N) is 5. The summed E-state index contributed by atoms with van der Waals surface area (Å²) in [6.45, 7) is 2.36. The van der Waals surface area contributed by atoms with Crippen LogP contribution in [0.5, 0.6) is 0 Å². The van der Waals surface area contributed by atoms with E-state index >= 15 is 0 Å². The second-order valence-corrected chi connectivity index (χ2v) is 8.68. The number of nitrogens with one attached hydrogen (secondary N) is 1. The summed E-state index contributed by atoms with van der Waals surface area (Å²) >= 11 is 1.36. The van der Waals surface area contributed by atoms with Gasteiger partial charge in [-0.15, -0.1) is 0 Å². The standard InChI is InChI=1S/C25H23N7O2S/c1-2-16-8-3-5-11-19(16)27-24-30-21(29-23(26)31-24)15-35-25-28-20-12-6-4-10-18(20)22(33)32(25)14-17-9-7-13-34-17/h3-13H,2,14-15H2,1H3,(H3,26,27,29,30,31). The number of para-hydroxylation sites is 2. The van der Waals surface area contributed by atoms with Crippen molar-refractivity contribution in [1.29, 1.82) is 0 Å². The van der Waals surface area contributed by atoms with Crippen LogP contribution in [0.25, 0.3) is 10.9 Å². The van der Waals surface area contributed by atoms with Gasteiger partial charge in [0.05, 0.1) is 29.5 Å². The molecule has 9 nitrogen and oxygen atoms in total. The summed E-state index contributed by atoms with van der Waals surface area (Å²) < 4.78 is 7.08. The van der Waals surface area contributed by atoms with Crippen molar-refractivity contribution in [3.8, 4) is 0 Å². The number of aromatic nitrogens is 5. The number of nitrogen functional groups attached to an aromatic ring is 1. The third-order valence-electron chi connectivity index (χ3n) is 5.39. The molecular formula is C25H23N7O2S. The molecule has 5 rings (SSSR count). The third-order valence-corrected chi connectivity index (χ3v) is 6.37. The number of aryl methyl sites for hydroxylation is 1. The van der Waals surface area contributed by atoms with Gasteiger partial charge in [-0.05, 0) is 42.3 Å². The van der Waals surface area contributed by atoms with Crippen molar-refractivity contribution >= 4 is 40.2 Å². The van der Waals surface area contributed by atoms with Gasteiger partial charge in [0.25, 0.3) is 5.56 Å². The first-order valence-corrected chi connectivity index (χ1v) is 12.1. The van der Waals surface area contributed by atoms with Crippen LogP contribution in [0.2, 0.25) is 0 Å². The maximum atomic E-state index is 13.3. The molecule has 35 heavy (non-hydrogen) atoms. The van der Waals surface area contributed by atoms with Crippen LogP contribution in [0.3, 0.4) is 0 Å². The average Bonchev–Trinajstić information content (AvgIpc) is 3.38. The van der Waals surface area contributed by atoms with E-state index in [4.69, 9.17) is 15.1 Å². The van der Waals surface area contributed by atoms with Gasteiger partial charge >= 0.3 is 0 Å². The lowest BCUT2D eigenvalue weighted by Crippen LogP contribution is -2.23. The Hall–Kier alpha value is -4.18. The average molecular weight is 486 g/mol. The fourth-order valence-electron chi connectivity index (χ4n) is 3.71. The molecule has 0 atom stereocenters.